The molecule has 2 N–H and O–H groups in total. The number of pyridine rings is 1. The number of carboxylic acids is 1. The number of aromatic carboxylic acids is 1. The Balaban J connectivity index is 1.69. The maximum absolute atomic E-state index is 13.7. The first-order chi connectivity index (χ1) is 17.3. The molecule has 0 radical (unpaired) electrons. The predicted molar refractivity (Wildman–Crippen MR) is 141 cm³/mol. The van der Waals surface area contributed by atoms with Gasteiger partial charge < -0.3 is 19.9 Å². The lowest BCUT2D eigenvalue weighted by molar-refractivity contribution is 0.0697. The van der Waals surface area contributed by atoms with Crippen LogP contribution in [0.25, 0.3) is 5.69 Å². The Kier molecular flexibility index (Phi) is 6.05. The number of thiocarbonyl (C=S) groups is 1. The van der Waals surface area contributed by atoms with Crippen molar-refractivity contribution in [2.75, 3.05) is 4.90 Å². The van der Waals surface area contributed by atoms with E-state index in [2.05, 4.69) is 20.9 Å². The summed E-state index contributed by atoms with van der Waals surface area (Å²) in [5.74, 6) is -1.29. The van der Waals surface area contributed by atoms with Gasteiger partial charge in [0.2, 0.25) is 0 Å². The van der Waals surface area contributed by atoms with Crippen LogP contribution in [0.15, 0.2) is 72.9 Å². The molecule has 4 aromatic rings. The Morgan fingerprint density at radius 3 is 2.47 bits per heavy atom. The summed E-state index contributed by atoms with van der Waals surface area (Å²) < 4.78 is 15.8. The number of hydrogen-bond acceptors (Lipinski definition) is 3. The number of hydrogen-bond donors (Lipinski definition) is 2. The average Bonchev–Trinajstić information content (AvgIpc) is 3.35. The van der Waals surface area contributed by atoms with Crippen molar-refractivity contribution in [2.24, 2.45) is 0 Å². The minimum Gasteiger partial charge on any atom is -0.478 e. The average molecular weight is 501 g/mol. The molecule has 0 unspecified atom stereocenters. The molecule has 1 fully saturated rings. The van der Waals surface area contributed by atoms with Gasteiger partial charge in [-0.3, -0.25) is 4.98 Å². The number of rotatable bonds is 5. The Morgan fingerprint density at radius 1 is 1.06 bits per heavy atom. The van der Waals surface area contributed by atoms with Crippen molar-refractivity contribution >= 4 is 29.0 Å². The van der Waals surface area contributed by atoms with Crippen LogP contribution < -0.4 is 10.2 Å². The molecule has 182 valence electrons. The van der Waals surface area contributed by atoms with Gasteiger partial charge in [-0.05, 0) is 98.7 Å². The molecule has 2 aromatic heterocycles. The van der Waals surface area contributed by atoms with Crippen molar-refractivity contribution in [3.05, 3.63) is 113 Å². The van der Waals surface area contributed by atoms with Crippen LogP contribution in [0.5, 0.6) is 0 Å². The summed E-state index contributed by atoms with van der Waals surface area (Å²) in [6, 6.07) is 18.8. The van der Waals surface area contributed by atoms with Gasteiger partial charge in [0.25, 0.3) is 0 Å². The molecule has 2 aromatic carbocycles. The molecule has 8 heteroatoms. The molecule has 0 spiro atoms. The van der Waals surface area contributed by atoms with Crippen molar-refractivity contribution in [1.29, 1.82) is 0 Å². The quantitative estimate of drug-likeness (QED) is 0.337. The zero-order chi connectivity index (χ0) is 25.6. The molecule has 6 nitrogen and oxygen atoms in total. The number of carboxylic acid groups (broad SMARTS) is 1. The van der Waals surface area contributed by atoms with Crippen LogP contribution in [0.1, 0.15) is 50.7 Å². The highest BCUT2D eigenvalue weighted by atomic mass is 32.1. The number of nitrogens with one attached hydrogen (secondary N) is 1. The van der Waals surface area contributed by atoms with Gasteiger partial charge in [-0.25, -0.2) is 9.18 Å². The van der Waals surface area contributed by atoms with Gasteiger partial charge in [-0.1, -0.05) is 12.1 Å². The Hall–Kier alpha value is -4.04. The first-order valence-electron chi connectivity index (χ1n) is 11.6. The molecule has 5 rings (SSSR count). The predicted octanol–water partition coefficient (Wildman–Crippen LogP) is 5.81. The normalized spacial score (nSPS) is 17.3. The molecule has 1 saturated heterocycles. The second kappa shape index (κ2) is 9.20. The maximum atomic E-state index is 13.7. The van der Waals surface area contributed by atoms with Crippen molar-refractivity contribution in [2.45, 2.75) is 32.9 Å². The summed E-state index contributed by atoms with van der Waals surface area (Å²) in [5, 5.41) is 13.5. The summed E-state index contributed by atoms with van der Waals surface area (Å²) in [6.45, 7) is 5.99. The first kappa shape index (κ1) is 23.7. The van der Waals surface area contributed by atoms with Crippen LogP contribution in [-0.4, -0.2) is 25.7 Å². The fourth-order valence-corrected chi connectivity index (χ4v) is 5.34. The van der Waals surface area contributed by atoms with E-state index in [1.54, 1.807) is 30.5 Å². The maximum Gasteiger partial charge on any atom is 0.335 e. The number of nitrogens with zero attached hydrogens (tertiary/aromatic N) is 3. The van der Waals surface area contributed by atoms with E-state index in [1.807, 2.05) is 49.9 Å². The zero-order valence-corrected chi connectivity index (χ0v) is 20.9. The van der Waals surface area contributed by atoms with Crippen LogP contribution in [0, 0.1) is 26.6 Å². The van der Waals surface area contributed by atoms with Crippen LogP contribution >= 0.6 is 12.2 Å². The summed E-state index contributed by atoms with van der Waals surface area (Å²) >= 11 is 5.77. The lowest BCUT2D eigenvalue weighted by Crippen LogP contribution is -2.29. The third-order valence-electron chi connectivity index (χ3n) is 6.69. The summed E-state index contributed by atoms with van der Waals surface area (Å²) in [4.78, 5) is 18.3. The van der Waals surface area contributed by atoms with E-state index in [4.69, 9.17) is 12.2 Å². The fourth-order valence-electron chi connectivity index (χ4n) is 4.99. The fraction of sp³-hybridized carbons (Fsp3) is 0.179. The molecule has 1 aliphatic rings. The topological polar surface area (TPSA) is 70.4 Å². The molecular formula is C28H25FN4O2S. The van der Waals surface area contributed by atoms with Gasteiger partial charge in [0.1, 0.15) is 5.82 Å². The van der Waals surface area contributed by atoms with Crippen molar-refractivity contribution < 1.29 is 14.3 Å². The van der Waals surface area contributed by atoms with Gasteiger partial charge in [-0.15, -0.1) is 0 Å². The molecule has 2 atom stereocenters. The lowest BCUT2D eigenvalue weighted by Gasteiger charge is -2.28. The van der Waals surface area contributed by atoms with E-state index in [0.717, 1.165) is 39.6 Å². The van der Waals surface area contributed by atoms with Crippen LogP contribution in [0.3, 0.4) is 0 Å². The Bertz CT molecular complexity index is 1470. The molecule has 3 heterocycles. The summed E-state index contributed by atoms with van der Waals surface area (Å²) in [6.07, 6.45) is 1.75. The van der Waals surface area contributed by atoms with Gasteiger partial charge in [0.15, 0.2) is 5.11 Å². The van der Waals surface area contributed by atoms with E-state index in [9.17, 15) is 14.3 Å². The number of halogens is 1. The zero-order valence-electron chi connectivity index (χ0n) is 20.1. The van der Waals surface area contributed by atoms with E-state index in [0.29, 0.717) is 5.11 Å². The Labute approximate surface area is 214 Å². The second-order valence-electron chi connectivity index (χ2n) is 8.94. The highest BCUT2D eigenvalue weighted by Crippen LogP contribution is 2.43. The smallest absolute Gasteiger partial charge is 0.335 e. The number of carbonyl (C=O) groups is 1. The van der Waals surface area contributed by atoms with Gasteiger partial charge in [0.05, 0.1) is 23.3 Å². The number of benzene rings is 2. The van der Waals surface area contributed by atoms with Crippen molar-refractivity contribution in [1.82, 2.24) is 14.9 Å². The second-order valence-corrected chi connectivity index (χ2v) is 9.33. The van der Waals surface area contributed by atoms with E-state index in [1.165, 1.54) is 12.1 Å². The minimum absolute atomic E-state index is 0.229. The van der Waals surface area contributed by atoms with Gasteiger partial charge in [0, 0.05) is 29.0 Å². The third kappa shape index (κ3) is 4.03. The van der Waals surface area contributed by atoms with E-state index in [-0.39, 0.29) is 23.5 Å². The van der Waals surface area contributed by atoms with Crippen LogP contribution in [0.4, 0.5) is 10.1 Å². The monoisotopic (exact) mass is 500 g/mol. The molecule has 0 aliphatic carbocycles. The van der Waals surface area contributed by atoms with Crippen LogP contribution in [0.2, 0.25) is 0 Å². The first-order valence-corrected chi connectivity index (χ1v) is 12.0. The molecule has 1 aliphatic heterocycles. The molecule has 0 amide bonds. The van der Waals surface area contributed by atoms with Crippen LogP contribution in [-0.2, 0) is 0 Å². The van der Waals surface area contributed by atoms with Gasteiger partial charge in [-0.2, -0.15) is 0 Å². The van der Waals surface area contributed by atoms with Crippen molar-refractivity contribution in [3.8, 4) is 5.69 Å². The largest absolute Gasteiger partial charge is 0.478 e. The standard InChI is InChI=1S/C28H25FN4O2S/c1-16-7-8-19(27(34)35)15-24(16)32-17(2)14-22(18(32)3)26-25(23-6-4-5-13-30-23)31-28(36)33(26)21-11-9-20(29)10-12-21/h4-15,25-26H,1-3H3,(H,31,36)(H,34,35)/t25-,26-/m1/s1. The number of aryl methyl sites for hydroxylation is 2. The Morgan fingerprint density at radius 2 is 1.81 bits per heavy atom. The number of anilines is 1. The highest BCUT2D eigenvalue weighted by molar-refractivity contribution is 7.80. The molecule has 36 heavy (non-hydrogen) atoms. The molecule has 0 bridgehead atoms. The minimum atomic E-state index is -0.970. The SMILES string of the molecule is Cc1ccc(C(=O)O)cc1-n1c(C)cc([C@@H]2[C@@H](c3ccccn3)NC(=S)N2c2ccc(F)cc2)c1C. The van der Waals surface area contributed by atoms with E-state index < -0.39 is 5.97 Å². The van der Waals surface area contributed by atoms with Gasteiger partial charge >= 0.3 is 5.97 Å². The molecule has 0 saturated carbocycles. The third-order valence-corrected chi connectivity index (χ3v) is 7.00. The number of aromatic nitrogens is 2. The summed E-state index contributed by atoms with van der Waals surface area (Å²) in [5.41, 5.74) is 6.55. The lowest BCUT2D eigenvalue weighted by atomic mass is 9.96. The van der Waals surface area contributed by atoms with Crippen molar-refractivity contribution in [3.63, 3.8) is 0 Å². The molecular weight excluding hydrogens is 475 g/mol. The van der Waals surface area contributed by atoms with E-state index >= 15 is 0 Å². The highest BCUT2D eigenvalue weighted by Gasteiger charge is 2.42. The summed E-state index contributed by atoms with van der Waals surface area (Å²) in [7, 11) is 0.